The molecule has 2 rings (SSSR count). The summed E-state index contributed by atoms with van der Waals surface area (Å²) < 4.78 is 0. The maximum atomic E-state index is 4.57. The van der Waals surface area contributed by atoms with Crippen molar-refractivity contribution in [3.8, 4) is 0 Å². The summed E-state index contributed by atoms with van der Waals surface area (Å²) >= 11 is 1.70. The van der Waals surface area contributed by atoms with Gasteiger partial charge in [0, 0.05) is 17.0 Å². The molecule has 3 nitrogen and oxygen atoms in total. The highest BCUT2D eigenvalue weighted by Crippen LogP contribution is 2.32. The van der Waals surface area contributed by atoms with E-state index in [1.807, 2.05) is 6.92 Å². The average Bonchev–Trinajstić information content (AvgIpc) is 2.39. The molecule has 0 aliphatic carbocycles. The van der Waals surface area contributed by atoms with Crippen LogP contribution in [0, 0.1) is 27.7 Å². The third-order valence-electron chi connectivity index (χ3n) is 3.25. The molecule has 0 atom stereocenters. The second-order valence-corrected chi connectivity index (χ2v) is 5.99. The fourth-order valence-corrected chi connectivity index (χ4v) is 2.95. The number of hydrogen-bond donors (Lipinski definition) is 1. The monoisotopic (exact) mass is 287 g/mol. The Morgan fingerprint density at radius 2 is 1.80 bits per heavy atom. The molecule has 1 N–H and O–H groups in total. The van der Waals surface area contributed by atoms with Gasteiger partial charge in [-0.05, 0) is 57.9 Å². The van der Waals surface area contributed by atoms with Crippen molar-refractivity contribution in [2.24, 2.45) is 0 Å². The third kappa shape index (κ3) is 3.31. The van der Waals surface area contributed by atoms with E-state index in [2.05, 4.69) is 61.2 Å². The standard InChI is InChI=1S/C16H21N3S/c1-6-17-15-12(4)16(19-13(5)18-15)20-14-8-7-10(2)11(3)9-14/h7-9H,6H2,1-5H3,(H,17,18,19). The fourth-order valence-electron chi connectivity index (χ4n) is 1.93. The molecule has 20 heavy (non-hydrogen) atoms. The molecule has 0 spiro atoms. The summed E-state index contributed by atoms with van der Waals surface area (Å²) in [6.07, 6.45) is 0. The van der Waals surface area contributed by atoms with Crippen molar-refractivity contribution >= 4 is 17.6 Å². The lowest BCUT2D eigenvalue weighted by Gasteiger charge is -2.12. The first-order chi connectivity index (χ1) is 9.51. The summed E-state index contributed by atoms with van der Waals surface area (Å²) in [6, 6.07) is 6.52. The number of nitrogens with zero attached hydrogens (tertiary/aromatic N) is 2. The van der Waals surface area contributed by atoms with Crippen molar-refractivity contribution in [2.45, 2.75) is 44.5 Å². The smallest absolute Gasteiger partial charge is 0.133 e. The van der Waals surface area contributed by atoms with E-state index in [4.69, 9.17) is 0 Å². The number of aromatic nitrogens is 2. The van der Waals surface area contributed by atoms with Gasteiger partial charge in [-0.2, -0.15) is 0 Å². The van der Waals surface area contributed by atoms with Crippen LogP contribution in [-0.4, -0.2) is 16.5 Å². The Bertz CT molecular complexity index is 623. The van der Waals surface area contributed by atoms with E-state index in [1.165, 1.54) is 16.0 Å². The van der Waals surface area contributed by atoms with Crippen molar-refractivity contribution in [3.05, 3.63) is 40.7 Å². The summed E-state index contributed by atoms with van der Waals surface area (Å²) in [7, 11) is 0. The zero-order valence-corrected chi connectivity index (χ0v) is 13.6. The third-order valence-corrected chi connectivity index (χ3v) is 4.33. The summed E-state index contributed by atoms with van der Waals surface area (Å²) in [5, 5.41) is 4.32. The first-order valence-corrected chi connectivity index (χ1v) is 7.67. The van der Waals surface area contributed by atoms with Gasteiger partial charge >= 0.3 is 0 Å². The SMILES string of the molecule is CCNc1nc(C)nc(Sc2ccc(C)c(C)c2)c1C. The lowest BCUT2D eigenvalue weighted by molar-refractivity contribution is 0.932. The van der Waals surface area contributed by atoms with E-state index in [0.29, 0.717) is 0 Å². The molecule has 1 heterocycles. The summed E-state index contributed by atoms with van der Waals surface area (Å²) in [5.41, 5.74) is 3.74. The Labute approximate surface area is 125 Å². The van der Waals surface area contributed by atoms with Crippen LogP contribution in [0.5, 0.6) is 0 Å². The van der Waals surface area contributed by atoms with Gasteiger partial charge in [0.2, 0.25) is 0 Å². The minimum atomic E-state index is 0.804. The predicted octanol–water partition coefficient (Wildman–Crippen LogP) is 4.29. The van der Waals surface area contributed by atoms with E-state index in [1.54, 1.807) is 11.8 Å². The van der Waals surface area contributed by atoms with Crippen molar-refractivity contribution in [2.75, 3.05) is 11.9 Å². The molecule has 0 saturated carbocycles. The maximum absolute atomic E-state index is 4.57. The Morgan fingerprint density at radius 3 is 2.45 bits per heavy atom. The highest BCUT2D eigenvalue weighted by atomic mass is 32.2. The van der Waals surface area contributed by atoms with Crippen LogP contribution in [-0.2, 0) is 0 Å². The second-order valence-electron chi connectivity index (χ2n) is 4.93. The molecule has 0 fully saturated rings. The van der Waals surface area contributed by atoms with Gasteiger partial charge in [0.1, 0.15) is 16.7 Å². The maximum Gasteiger partial charge on any atom is 0.133 e. The van der Waals surface area contributed by atoms with Crippen LogP contribution >= 0.6 is 11.8 Å². The van der Waals surface area contributed by atoms with Crippen molar-refractivity contribution in [1.82, 2.24) is 9.97 Å². The van der Waals surface area contributed by atoms with Gasteiger partial charge in [-0.1, -0.05) is 17.8 Å². The first kappa shape index (κ1) is 14.9. The molecule has 1 aromatic heterocycles. The van der Waals surface area contributed by atoms with Gasteiger partial charge in [0.25, 0.3) is 0 Å². The van der Waals surface area contributed by atoms with Crippen LogP contribution in [0.25, 0.3) is 0 Å². The lowest BCUT2D eigenvalue weighted by Crippen LogP contribution is -2.05. The topological polar surface area (TPSA) is 37.8 Å². The van der Waals surface area contributed by atoms with Gasteiger partial charge in [-0.3, -0.25) is 0 Å². The van der Waals surface area contributed by atoms with E-state index in [9.17, 15) is 0 Å². The predicted molar refractivity (Wildman–Crippen MR) is 85.7 cm³/mol. The quantitative estimate of drug-likeness (QED) is 0.851. The molecule has 0 aliphatic heterocycles. The van der Waals surface area contributed by atoms with Crippen molar-refractivity contribution in [3.63, 3.8) is 0 Å². The van der Waals surface area contributed by atoms with Crippen LogP contribution in [0.1, 0.15) is 29.4 Å². The zero-order valence-electron chi connectivity index (χ0n) is 12.7. The fraction of sp³-hybridized carbons (Fsp3) is 0.375. The zero-order chi connectivity index (χ0) is 14.7. The largest absolute Gasteiger partial charge is 0.370 e. The minimum Gasteiger partial charge on any atom is -0.370 e. The molecule has 0 radical (unpaired) electrons. The molecule has 0 unspecified atom stereocenters. The second kappa shape index (κ2) is 6.27. The van der Waals surface area contributed by atoms with Gasteiger partial charge in [-0.25, -0.2) is 9.97 Å². The number of nitrogens with one attached hydrogen (secondary N) is 1. The van der Waals surface area contributed by atoms with Crippen molar-refractivity contribution < 1.29 is 0 Å². The van der Waals surface area contributed by atoms with Gasteiger partial charge < -0.3 is 5.32 Å². The average molecular weight is 287 g/mol. The Morgan fingerprint density at radius 1 is 1.05 bits per heavy atom. The van der Waals surface area contributed by atoms with Crippen LogP contribution in [0.3, 0.4) is 0 Å². The van der Waals surface area contributed by atoms with E-state index < -0.39 is 0 Å². The minimum absolute atomic E-state index is 0.804. The molecule has 2 aromatic rings. The number of anilines is 1. The molecule has 106 valence electrons. The number of aryl methyl sites for hydroxylation is 3. The van der Waals surface area contributed by atoms with Crippen LogP contribution in [0.15, 0.2) is 28.1 Å². The molecule has 0 amide bonds. The highest BCUT2D eigenvalue weighted by Gasteiger charge is 2.10. The Hall–Kier alpha value is -1.55. The Balaban J connectivity index is 2.35. The number of benzene rings is 1. The summed E-state index contributed by atoms with van der Waals surface area (Å²) in [5.74, 6) is 1.74. The number of rotatable bonds is 4. The number of hydrogen-bond acceptors (Lipinski definition) is 4. The first-order valence-electron chi connectivity index (χ1n) is 6.85. The van der Waals surface area contributed by atoms with Gasteiger partial charge in [-0.15, -0.1) is 0 Å². The van der Waals surface area contributed by atoms with Crippen molar-refractivity contribution in [1.29, 1.82) is 0 Å². The van der Waals surface area contributed by atoms with Crippen LogP contribution < -0.4 is 5.32 Å². The summed E-state index contributed by atoms with van der Waals surface area (Å²) in [4.78, 5) is 10.3. The molecule has 0 bridgehead atoms. The molecule has 0 aliphatic rings. The van der Waals surface area contributed by atoms with Gasteiger partial charge in [0.15, 0.2) is 0 Å². The molecular weight excluding hydrogens is 266 g/mol. The highest BCUT2D eigenvalue weighted by molar-refractivity contribution is 7.99. The van der Waals surface area contributed by atoms with Gasteiger partial charge in [0.05, 0.1) is 0 Å². The lowest BCUT2D eigenvalue weighted by atomic mass is 10.1. The van der Waals surface area contributed by atoms with Crippen LogP contribution in [0.2, 0.25) is 0 Å². The van der Waals surface area contributed by atoms with E-state index >= 15 is 0 Å². The summed E-state index contributed by atoms with van der Waals surface area (Å²) in [6.45, 7) is 11.2. The van der Waals surface area contributed by atoms with Crippen LogP contribution in [0.4, 0.5) is 5.82 Å². The van der Waals surface area contributed by atoms with E-state index in [-0.39, 0.29) is 0 Å². The Kier molecular flexibility index (Phi) is 4.65. The molecule has 4 heteroatoms. The molecular formula is C16H21N3S. The molecule has 0 saturated heterocycles. The van der Waals surface area contributed by atoms with E-state index in [0.717, 1.165) is 28.8 Å². The molecule has 1 aromatic carbocycles. The normalized spacial score (nSPS) is 10.7.